The lowest BCUT2D eigenvalue weighted by atomic mass is 9.96. The van der Waals surface area contributed by atoms with Crippen LogP contribution in [-0.4, -0.2) is 36.7 Å². The molecule has 0 aromatic heterocycles. The van der Waals surface area contributed by atoms with Gasteiger partial charge in [-0.3, -0.25) is 9.69 Å². The van der Waals surface area contributed by atoms with E-state index in [0.717, 1.165) is 5.56 Å². The van der Waals surface area contributed by atoms with Crippen molar-refractivity contribution in [3.63, 3.8) is 0 Å². The number of β-lactam (4-membered cyclic amide) rings is 1. The largest absolute Gasteiger partial charge is 0.497 e. The molecule has 1 fully saturated rings. The summed E-state index contributed by atoms with van der Waals surface area (Å²) in [7, 11) is 1.57. The molecule has 28 heavy (non-hydrogen) atoms. The van der Waals surface area contributed by atoms with Gasteiger partial charge in [0.25, 0.3) is 5.91 Å². The normalized spacial score (nSPS) is 19.1. The zero-order valence-corrected chi connectivity index (χ0v) is 16.5. The molecule has 0 aliphatic carbocycles. The Kier molecular flexibility index (Phi) is 5.70. The minimum absolute atomic E-state index is 0.243. The lowest BCUT2D eigenvalue weighted by Crippen LogP contribution is -2.70. The SMILES string of the molecule is COc1ccc(N2C(=O)[C@H](OCc3ccccc3)[C@@H]2C(=O)OC(C)(C)C)cc1. The fourth-order valence-corrected chi connectivity index (χ4v) is 3.01. The van der Waals surface area contributed by atoms with Crippen LogP contribution in [0.2, 0.25) is 0 Å². The predicted molar refractivity (Wildman–Crippen MR) is 105 cm³/mol. The molecule has 2 atom stereocenters. The maximum absolute atomic E-state index is 12.8. The summed E-state index contributed by atoms with van der Waals surface area (Å²) >= 11 is 0. The van der Waals surface area contributed by atoms with Crippen LogP contribution >= 0.6 is 0 Å². The highest BCUT2D eigenvalue weighted by molar-refractivity contribution is 6.12. The summed E-state index contributed by atoms with van der Waals surface area (Å²) in [5.41, 5.74) is 0.869. The van der Waals surface area contributed by atoms with Gasteiger partial charge in [-0.2, -0.15) is 0 Å². The van der Waals surface area contributed by atoms with Gasteiger partial charge in [0.1, 0.15) is 11.4 Å². The molecule has 1 saturated heterocycles. The van der Waals surface area contributed by atoms with Crippen molar-refractivity contribution < 1.29 is 23.8 Å². The Morgan fingerprint density at radius 3 is 2.25 bits per heavy atom. The van der Waals surface area contributed by atoms with E-state index in [9.17, 15) is 9.59 Å². The van der Waals surface area contributed by atoms with Crippen LogP contribution < -0.4 is 9.64 Å². The average molecular weight is 383 g/mol. The number of anilines is 1. The number of methoxy groups -OCH3 is 1. The van der Waals surface area contributed by atoms with Gasteiger partial charge in [0.05, 0.1) is 13.7 Å². The maximum atomic E-state index is 12.8. The van der Waals surface area contributed by atoms with Crippen LogP contribution in [0.5, 0.6) is 5.75 Å². The molecule has 2 aromatic rings. The van der Waals surface area contributed by atoms with Crippen LogP contribution in [0.4, 0.5) is 5.69 Å². The zero-order valence-electron chi connectivity index (χ0n) is 16.5. The zero-order chi connectivity index (χ0) is 20.3. The van der Waals surface area contributed by atoms with E-state index >= 15 is 0 Å². The summed E-state index contributed by atoms with van der Waals surface area (Å²) in [5, 5.41) is 0. The maximum Gasteiger partial charge on any atom is 0.333 e. The van der Waals surface area contributed by atoms with E-state index in [2.05, 4.69) is 0 Å². The molecule has 0 N–H and O–H groups in total. The minimum Gasteiger partial charge on any atom is -0.497 e. The van der Waals surface area contributed by atoms with Crippen molar-refractivity contribution in [2.75, 3.05) is 12.0 Å². The highest BCUT2D eigenvalue weighted by atomic mass is 16.6. The molecule has 1 amide bonds. The Morgan fingerprint density at radius 2 is 1.68 bits per heavy atom. The molecule has 0 unspecified atom stereocenters. The molecule has 2 aromatic carbocycles. The second kappa shape index (κ2) is 8.02. The standard InChI is InChI=1S/C22H25NO5/c1-22(2,3)28-21(25)18-19(27-14-15-8-6-5-7-9-15)20(24)23(18)16-10-12-17(26-4)13-11-16/h5-13,18-19H,14H2,1-4H3/t18-,19-/m1/s1. The summed E-state index contributed by atoms with van der Waals surface area (Å²) in [4.78, 5) is 27.0. The summed E-state index contributed by atoms with van der Waals surface area (Å²) in [6, 6.07) is 15.7. The first kappa shape index (κ1) is 19.9. The molecule has 1 heterocycles. The van der Waals surface area contributed by atoms with Gasteiger partial charge in [-0.1, -0.05) is 30.3 Å². The summed E-state index contributed by atoms with van der Waals surface area (Å²) in [6.45, 7) is 5.63. The van der Waals surface area contributed by atoms with Gasteiger partial charge >= 0.3 is 5.97 Å². The number of benzene rings is 2. The lowest BCUT2D eigenvalue weighted by molar-refractivity contribution is -0.171. The number of amides is 1. The number of carbonyl (C=O) groups excluding carboxylic acids is 2. The molecule has 1 aliphatic rings. The molecule has 1 aliphatic heterocycles. The third-order valence-electron chi connectivity index (χ3n) is 4.32. The Labute approximate surface area is 165 Å². The molecule has 0 saturated carbocycles. The van der Waals surface area contributed by atoms with Crippen LogP contribution in [0.25, 0.3) is 0 Å². The van der Waals surface area contributed by atoms with E-state index in [1.807, 2.05) is 30.3 Å². The number of carbonyl (C=O) groups is 2. The first-order chi connectivity index (χ1) is 13.3. The van der Waals surface area contributed by atoms with E-state index in [0.29, 0.717) is 11.4 Å². The lowest BCUT2D eigenvalue weighted by Gasteiger charge is -2.45. The van der Waals surface area contributed by atoms with Gasteiger partial charge < -0.3 is 14.2 Å². The molecular formula is C22H25NO5. The van der Waals surface area contributed by atoms with Crippen LogP contribution in [0.3, 0.4) is 0 Å². The number of ether oxygens (including phenoxy) is 3. The van der Waals surface area contributed by atoms with Gasteiger partial charge in [-0.05, 0) is 50.6 Å². The summed E-state index contributed by atoms with van der Waals surface area (Å²) in [5.74, 6) is -0.0830. The molecule has 6 nitrogen and oxygen atoms in total. The molecule has 0 radical (unpaired) electrons. The van der Waals surface area contributed by atoms with E-state index in [-0.39, 0.29) is 12.5 Å². The average Bonchev–Trinajstić information content (AvgIpc) is 2.66. The highest BCUT2D eigenvalue weighted by Gasteiger charge is 2.54. The van der Waals surface area contributed by atoms with E-state index < -0.39 is 23.7 Å². The predicted octanol–water partition coefficient (Wildman–Crippen LogP) is 3.34. The second-order valence-electron chi connectivity index (χ2n) is 7.60. The minimum atomic E-state index is -0.878. The number of rotatable bonds is 6. The topological polar surface area (TPSA) is 65.1 Å². The van der Waals surface area contributed by atoms with Gasteiger partial charge in [-0.25, -0.2) is 4.79 Å². The van der Waals surface area contributed by atoms with Gasteiger partial charge in [-0.15, -0.1) is 0 Å². The third kappa shape index (κ3) is 4.34. The van der Waals surface area contributed by atoms with E-state index in [4.69, 9.17) is 14.2 Å². The Morgan fingerprint density at radius 1 is 1.04 bits per heavy atom. The van der Waals surface area contributed by atoms with Gasteiger partial charge in [0.2, 0.25) is 0 Å². The van der Waals surface area contributed by atoms with E-state index in [1.54, 1.807) is 52.1 Å². The molecule has 3 rings (SSSR count). The number of hydrogen-bond donors (Lipinski definition) is 0. The van der Waals surface area contributed by atoms with Crippen molar-refractivity contribution in [2.45, 2.75) is 45.1 Å². The summed E-state index contributed by atoms with van der Waals surface area (Å²) < 4.78 is 16.5. The van der Waals surface area contributed by atoms with Crippen molar-refractivity contribution in [1.82, 2.24) is 0 Å². The van der Waals surface area contributed by atoms with Crippen LogP contribution in [0.15, 0.2) is 54.6 Å². The van der Waals surface area contributed by atoms with Crippen LogP contribution in [-0.2, 0) is 25.7 Å². The van der Waals surface area contributed by atoms with Crippen molar-refractivity contribution >= 4 is 17.6 Å². The van der Waals surface area contributed by atoms with E-state index in [1.165, 1.54) is 4.90 Å². The Hall–Kier alpha value is -2.86. The number of esters is 1. The summed E-state index contributed by atoms with van der Waals surface area (Å²) in [6.07, 6.45) is -0.878. The first-order valence-electron chi connectivity index (χ1n) is 9.15. The molecular weight excluding hydrogens is 358 g/mol. The van der Waals surface area contributed by atoms with Crippen molar-refractivity contribution in [2.24, 2.45) is 0 Å². The molecule has 0 bridgehead atoms. The number of hydrogen-bond acceptors (Lipinski definition) is 5. The fraction of sp³-hybridized carbons (Fsp3) is 0.364. The Balaban J connectivity index is 1.80. The molecule has 148 valence electrons. The first-order valence-corrected chi connectivity index (χ1v) is 9.15. The van der Waals surface area contributed by atoms with Crippen molar-refractivity contribution in [3.05, 3.63) is 60.2 Å². The van der Waals surface area contributed by atoms with Crippen LogP contribution in [0, 0.1) is 0 Å². The Bertz CT molecular complexity index is 826. The molecule has 0 spiro atoms. The van der Waals surface area contributed by atoms with Gasteiger partial charge in [0, 0.05) is 5.69 Å². The van der Waals surface area contributed by atoms with Crippen LogP contribution in [0.1, 0.15) is 26.3 Å². The molecule has 6 heteroatoms. The smallest absolute Gasteiger partial charge is 0.333 e. The van der Waals surface area contributed by atoms with Crippen molar-refractivity contribution in [1.29, 1.82) is 0 Å². The highest BCUT2D eigenvalue weighted by Crippen LogP contribution is 2.33. The third-order valence-corrected chi connectivity index (χ3v) is 4.32. The quantitative estimate of drug-likeness (QED) is 0.565. The van der Waals surface area contributed by atoms with Crippen molar-refractivity contribution in [3.8, 4) is 5.75 Å². The fourth-order valence-electron chi connectivity index (χ4n) is 3.01. The second-order valence-corrected chi connectivity index (χ2v) is 7.60. The van der Waals surface area contributed by atoms with Gasteiger partial charge in [0.15, 0.2) is 12.1 Å². The number of nitrogens with zero attached hydrogens (tertiary/aromatic N) is 1. The monoisotopic (exact) mass is 383 g/mol.